The molecule has 0 aromatic rings. The number of hydrogen-bond donors (Lipinski definition) is 6. The van der Waals surface area contributed by atoms with Gasteiger partial charge in [0.05, 0.1) is 0 Å². The molecule has 1 heterocycles. The molecule has 1 aliphatic rings. The minimum absolute atomic E-state index is 0.104. The topological polar surface area (TPSA) is 165 Å². The molecule has 0 radical (unpaired) electrons. The van der Waals surface area contributed by atoms with Crippen molar-refractivity contribution in [3.05, 3.63) is 0 Å². The Morgan fingerprint density at radius 3 is 1.21 bits per heavy atom. The molecule has 0 saturated carbocycles. The molecule has 42 heavy (non-hydrogen) atoms. The van der Waals surface area contributed by atoms with Crippen molar-refractivity contribution in [2.24, 2.45) is 32.3 Å². The van der Waals surface area contributed by atoms with E-state index in [1.54, 1.807) is 0 Å². The monoisotopic (exact) mass is 595 g/mol. The molecule has 0 aromatic carbocycles. The minimum atomic E-state index is -0.343. The van der Waals surface area contributed by atoms with Gasteiger partial charge in [0.15, 0.2) is 11.9 Å². The largest absolute Gasteiger partial charge is 0.370 e. The Balaban J connectivity index is 2.23. The molecule has 0 bridgehead atoms. The van der Waals surface area contributed by atoms with Gasteiger partial charge in [0, 0.05) is 63.4 Å². The van der Waals surface area contributed by atoms with E-state index in [1.807, 2.05) is 27.7 Å². The Labute approximate surface area is 255 Å². The van der Waals surface area contributed by atoms with E-state index in [2.05, 4.69) is 82.6 Å². The Hall–Kier alpha value is -2.60. The summed E-state index contributed by atoms with van der Waals surface area (Å²) in [6, 6.07) is -0.653. The van der Waals surface area contributed by atoms with Gasteiger partial charge in [-0.15, -0.1) is 0 Å². The number of nitrogens with one attached hydrogen (secondary N) is 4. The summed E-state index contributed by atoms with van der Waals surface area (Å²) in [5.41, 5.74) is 11.4. The zero-order valence-corrected chi connectivity index (χ0v) is 28.2. The molecule has 1 aliphatic heterocycles. The molecule has 0 aliphatic carbocycles. The van der Waals surface area contributed by atoms with Crippen molar-refractivity contribution in [1.29, 1.82) is 0 Å². The van der Waals surface area contributed by atoms with Crippen LogP contribution in [-0.2, 0) is 0 Å². The molecule has 0 spiro atoms. The van der Waals surface area contributed by atoms with E-state index < -0.39 is 0 Å². The number of piperazine rings is 1. The van der Waals surface area contributed by atoms with Gasteiger partial charge < -0.3 is 31.9 Å². The fourth-order valence-electron chi connectivity index (χ4n) is 5.95. The zero-order valence-electron chi connectivity index (χ0n) is 28.2. The number of guanidine groups is 2. The lowest BCUT2D eigenvalue weighted by molar-refractivity contribution is 0.131. The van der Waals surface area contributed by atoms with Gasteiger partial charge in [0.2, 0.25) is 0 Å². The summed E-state index contributed by atoms with van der Waals surface area (Å²) in [6.07, 6.45) is 3.44. The second kappa shape index (κ2) is 16.3. The summed E-state index contributed by atoms with van der Waals surface area (Å²) in [7, 11) is 0. The van der Waals surface area contributed by atoms with Crippen molar-refractivity contribution in [2.45, 2.75) is 106 Å². The van der Waals surface area contributed by atoms with Crippen molar-refractivity contribution in [1.82, 2.24) is 31.1 Å². The smallest absolute Gasteiger partial charge is 0.321 e. The van der Waals surface area contributed by atoms with E-state index in [9.17, 15) is 9.59 Å². The first-order chi connectivity index (χ1) is 19.1. The summed E-state index contributed by atoms with van der Waals surface area (Å²) in [5, 5.41) is 11.2. The van der Waals surface area contributed by atoms with Gasteiger partial charge in [-0.25, -0.2) is 9.59 Å². The number of urea groups is 2. The Bertz CT molecular complexity index is 834. The zero-order chi connectivity index (χ0) is 32.2. The first-order valence-electron chi connectivity index (χ1n) is 15.4. The molecule has 0 aromatic heterocycles. The van der Waals surface area contributed by atoms with Crippen LogP contribution in [0.5, 0.6) is 0 Å². The highest BCUT2D eigenvalue weighted by Crippen LogP contribution is 2.27. The summed E-state index contributed by atoms with van der Waals surface area (Å²) >= 11 is 0. The SMILES string of the molecule is CC(C)(C)CC(C)(C)NC(=O)NC(N)=NCCCN1CCN(CCCN=C(N)NC(=O)NC(C)(C)CC(C)(C)C)CC1. The Kier molecular flexibility index (Phi) is 14.5. The van der Waals surface area contributed by atoms with Crippen LogP contribution >= 0.6 is 0 Å². The molecule has 0 atom stereocenters. The van der Waals surface area contributed by atoms with Crippen LogP contribution in [-0.4, -0.2) is 97.2 Å². The molecule has 0 unspecified atom stereocenters. The first-order valence-corrected chi connectivity index (χ1v) is 15.4. The predicted octanol–water partition coefficient (Wildman–Crippen LogP) is 3.04. The molecular weight excluding hydrogens is 532 g/mol. The number of amides is 4. The second-order valence-corrected chi connectivity index (χ2v) is 15.3. The van der Waals surface area contributed by atoms with Crippen LogP contribution in [0.4, 0.5) is 9.59 Å². The number of aliphatic imine (C=N–C) groups is 2. The van der Waals surface area contributed by atoms with E-state index in [-0.39, 0.29) is 45.9 Å². The van der Waals surface area contributed by atoms with E-state index in [1.165, 1.54) is 0 Å². The van der Waals surface area contributed by atoms with Crippen molar-refractivity contribution in [2.75, 3.05) is 52.4 Å². The normalized spacial score (nSPS) is 16.7. The lowest BCUT2D eigenvalue weighted by Crippen LogP contribution is -2.52. The summed E-state index contributed by atoms with van der Waals surface area (Å²) in [5.74, 6) is 0.291. The third-order valence-corrected chi connectivity index (χ3v) is 6.63. The molecule has 8 N–H and O–H groups in total. The molecule has 4 amide bonds. The van der Waals surface area contributed by atoms with Crippen LogP contribution < -0.4 is 32.7 Å². The van der Waals surface area contributed by atoms with Gasteiger partial charge in [0.25, 0.3) is 0 Å². The van der Waals surface area contributed by atoms with Crippen LogP contribution in [0.15, 0.2) is 9.98 Å². The van der Waals surface area contributed by atoms with E-state index in [0.29, 0.717) is 13.1 Å². The second-order valence-electron chi connectivity index (χ2n) is 15.3. The first kappa shape index (κ1) is 37.4. The summed E-state index contributed by atoms with van der Waals surface area (Å²) in [6.45, 7) is 27.9. The molecule has 12 nitrogen and oxygen atoms in total. The maximum absolute atomic E-state index is 12.3. The predicted molar refractivity (Wildman–Crippen MR) is 175 cm³/mol. The lowest BCUT2D eigenvalue weighted by atomic mass is 9.82. The number of nitrogens with two attached hydrogens (primary N) is 2. The number of carbonyl (C=O) groups excluding carboxylic acids is 2. The standard InChI is InChI=1S/C30H62N10O2/c1-27(2,3)21-29(7,8)37-25(41)35-23(31)33-13-11-15-39-17-19-40(20-18-39)16-12-14-34-24(32)36-26(42)38-30(9,10)22-28(4,5)6/h11-22H2,1-10H3,(H4,31,33,35,37,41)(H4,32,34,36,38,42). The quantitative estimate of drug-likeness (QED) is 0.115. The molecule has 1 saturated heterocycles. The van der Waals surface area contributed by atoms with E-state index in [0.717, 1.165) is 65.0 Å². The highest BCUT2D eigenvalue weighted by Gasteiger charge is 2.28. The van der Waals surface area contributed by atoms with Crippen molar-refractivity contribution in [3.8, 4) is 0 Å². The average molecular weight is 595 g/mol. The van der Waals surface area contributed by atoms with Gasteiger partial charge >= 0.3 is 12.1 Å². The van der Waals surface area contributed by atoms with Crippen LogP contribution in [0.3, 0.4) is 0 Å². The molecular formula is C30H62N10O2. The highest BCUT2D eigenvalue weighted by molar-refractivity contribution is 5.96. The summed E-state index contributed by atoms with van der Waals surface area (Å²) < 4.78 is 0. The third-order valence-electron chi connectivity index (χ3n) is 6.63. The number of carbonyl (C=O) groups is 2. The van der Waals surface area contributed by atoms with Gasteiger partial charge in [-0.2, -0.15) is 0 Å². The molecule has 12 heteroatoms. The van der Waals surface area contributed by atoms with Crippen molar-refractivity contribution in [3.63, 3.8) is 0 Å². The maximum Gasteiger partial charge on any atom is 0.321 e. The van der Waals surface area contributed by atoms with Crippen LogP contribution in [0.1, 0.15) is 94.9 Å². The van der Waals surface area contributed by atoms with Gasteiger partial charge in [-0.1, -0.05) is 41.5 Å². The molecule has 1 fully saturated rings. The van der Waals surface area contributed by atoms with Gasteiger partial charge in [0.1, 0.15) is 0 Å². The third kappa shape index (κ3) is 18.8. The Morgan fingerprint density at radius 1 is 0.619 bits per heavy atom. The summed E-state index contributed by atoms with van der Waals surface area (Å²) in [4.78, 5) is 38.1. The van der Waals surface area contributed by atoms with Crippen LogP contribution in [0.25, 0.3) is 0 Å². The van der Waals surface area contributed by atoms with Crippen molar-refractivity contribution < 1.29 is 9.59 Å². The van der Waals surface area contributed by atoms with E-state index >= 15 is 0 Å². The number of rotatable bonds is 12. The number of hydrogen-bond acceptors (Lipinski definition) is 6. The van der Waals surface area contributed by atoms with Gasteiger partial charge in [-0.05, 0) is 64.2 Å². The lowest BCUT2D eigenvalue weighted by Gasteiger charge is -2.34. The average Bonchev–Trinajstić information content (AvgIpc) is 2.76. The number of nitrogens with zero attached hydrogens (tertiary/aromatic N) is 4. The van der Waals surface area contributed by atoms with Crippen molar-refractivity contribution >= 4 is 24.0 Å². The van der Waals surface area contributed by atoms with Gasteiger partial charge in [-0.3, -0.25) is 20.6 Å². The minimum Gasteiger partial charge on any atom is -0.370 e. The fraction of sp³-hybridized carbons (Fsp3) is 0.867. The van der Waals surface area contributed by atoms with E-state index in [4.69, 9.17) is 11.5 Å². The fourth-order valence-corrected chi connectivity index (χ4v) is 5.95. The molecule has 244 valence electrons. The maximum atomic E-state index is 12.3. The van der Waals surface area contributed by atoms with Crippen LogP contribution in [0.2, 0.25) is 0 Å². The molecule has 1 rings (SSSR count). The van der Waals surface area contributed by atoms with Crippen LogP contribution in [0, 0.1) is 10.8 Å². The highest BCUT2D eigenvalue weighted by atomic mass is 16.2. The Morgan fingerprint density at radius 2 is 0.929 bits per heavy atom.